The molecule has 1 heterocycles. The van der Waals surface area contributed by atoms with Gasteiger partial charge >= 0.3 is 11.9 Å². The second-order valence-corrected chi connectivity index (χ2v) is 6.43. The van der Waals surface area contributed by atoms with Gasteiger partial charge in [0.1, 0.15) is 12.3 Å². The van der Waals surface area contributed by atoms with Gasteiger partial charge in [0, 0.05) is 6.07 Å². The fourth-order valence-electron chi connectivity index (χ4n) is 1.60. The van der Waals surface area contributed by atoms with Crippen LogP contribution in [0.3, 0.4) is 0 Å². The molecule has 0 amide bonds. The van der Waals surface area contributed by atoms with Crippen molar-refractivity contribution in [3.05, 3.63) is 17.9 Å². The number of ether oxygens (including phenoxy) is 1. The molecule has 1 rings (SSSR count). The van der Waals surface area contributed by atoms with Crippen LogP contribution in [-0.4, -0.2) is 38.6 Å². The van der Waals surface area contributed by atoms with E-state index in [-0.39, 0.29) is 17.9 Å². The maximum Gasteiger partial charge on any atom is 0.341 e. The number of furan rings is 1. The number of carboxylic acid groups (broad SMARTS) is 1. The molecule has 0 spiro atoms. The van der Waals surface area contributed by atoms with Gasteiger partial charge in [0.05, 0.1) is 12.7 Å². The van der Waals surface area contributed by atoms with Crippen molar-refractivity contribution in [2.24, 2.45) is 5.92 Å². The summed E-state index contributed by atoms with van der Waals surface area (Å²) in [6.45, 7) is 3.54. The molecule has 9 heteroatoms. The Kier molecular flexibility index (Phi) is 5.50. The molecule has 118 valence electrons. The van der Waals surface area contributed by atoms with Crippen LogP contribution in [0.2, 0.25) is 0 Å². The summed E-state index contributed by atoms with van der Waals surface area (Å²) in [7, 11) is -3.03. The number of hydrogen-bond donors (Lipinski definition) is 2. The summed E-state index contributed by atoms with van der Waals surface area (Å²) in [5.41, 5.74) is -0.0754. The number of methoxy groups -OCH3 is 1. The summed E-state index contributed by atoms with van der Waals surface area (Å²) >= 11 is 0. The van der Waals surface area contributed by atoms with Gasteiger partial charge in [-0.3, -0.25) is 4.79 Å². The molecule has 0 aromatic carbocycles. The molecule has 0 radical (unpaired) electrons. The van der Waals surface area contributed by atoms with Gasteiger partial charge in [0.2, 0.25) is 5.09 Å². The Morgan fingerprint density at radius 2 is 2.05 bits per heavy atom. The smallest absolute Gasteiger partial charge is 0.341 e. The van der Waals surface area contributed by atoms with E-state index in [1.165, 1.54) is 0 Å². The van der Waals surface area contributed by atoms with Crippen LogP contribution in [0.4, 0.5) is 0 Å². The Balaban J connectivity index is 2.97. The highest BCUT2D eigenvalue weighted by molar-refractivity contribution is 7.89. The molecule has 2 N–H and O–H groups in total. The Labute approximate surface area is 122 Å². The lowest BCUT2D eigenvalue weighted by Gasteiger charge is -2.15. The molecule has 21 heavy (non-hydrogen) atoms. The standard InChI is InChI=1S/C12H17NO7S/c1-7(2)4-9(11(14)15)13-21(17,18)10-5-8(6-20-10)12(16)19-3/h5-7,9,13H,4H2,1-3H3,(H,14,15)/t9-/m1/s1. The first kappa shape index (κ1) is 17.2. The summed E-state index contributed by atoms with van der Waals surface area (Å²) in [4.78, 5) is 22.3. The van der Waals surface area contributed by atoms with Crippen molar-refractivity contribution >= 4 is 22.0 Å². The van der Waals surface area contributed by atoms with Crippen LogP contribution >= 0.6 is 0 Å². The molecule has 0 unspecified atom stereocenters. The predicted molar refractivity (Wildman–Crippen MR) is 71.2 cm³/mol. The number of carboxylic acids is 1. The Morgan fingerprint density at radius 3 is 2.52 bits per heavy atom. The lowest BCUT2D eigenvalue weighted by atomic mass is 10.1. The monoisotopic (exact) mass is 319 g/mol. The fourth-order valence-corrected chi connectivity index (χ4v) is 2.74. The molecule has 0 aliphatic rings. The first-order valence-corrected chi connectivity index (χ1v) is 7.57. The molecular formula is C12H17NO7S. The molecule has 8 nitrogen and oxygen atoms in total. The third-order valence-electron chi connectivity index (χ3n) is 2.56. The van der Waals surface area contributed by atoms with Crippen molar-refractivity contribution < 1.29 is 32.3 Å². The van der Waals surface area contributed by atoms with Gasteiger partial charge in [0.15, 0.2) is 0 Å². The number of hydrogen-bond acceptors (Lipinski definition) is 6. The van der Waals surface area contributed by atoms with Crippen LogP contribution in [0.25, 0.3) is 0 Å². The van der Waals surface area contributed by atoms with Crippen molar-refractivity contribution in [3.8, 4) is 0 Å². The SMILES string of the molecule is COC(=O)c1coc(S(=O)(=O)N[C@H](CC(C)C)C(=O)O)c1. The van der Waals surface area contributed by atoms with Crippen molar-refractivity contribution in [1.29, 1.82) is 0 Å². The van der Waals surface area contributed by atoms with Gasteiger partial charge in [-0.05, 0) is 12.3 Å². The normalized spacial score (nSPS) is 13.1. The number of rotatable bonds is 7. The van der Waals surface area contributed by atoms with Crippen molar-refractivity contribution in [1.82, 2.24) is 4.72 Å². The molecular weight excluding hydrogens is 302 g/mol. The zero-order valence-electron chi connectivity index (χ0n) is 11.8. The van der Waals surface area contributed by atoms with E-state index in [9.17, 15) is 18.0 Å². The number of carbonyl (C=O) groups is 2. The lowest BCUT2D eigenvalue weighted by Crippen LogP contribution is -2.41. The highest BCUT2D eigenvalue weighted by Crippen LogP contribution is 2.16. The third kappa shape index (κ3) is 4.57. The third-order valence-corrected chi connectivity index (χ3v) is 3.90. The second kappa shape index (κ2) is 6.72. The van der Waals surface area contributed by atoms with E-state index < -0.39 is 33.1 Å². The largest absolute Gasteiger partial charge is 0.480 e. The van der Waals surface area contributed by atoms with Crippen LogP contribution in [0.15, 0.2) is 21.8 Å². The van der Waals surface area contributed by atoms with Gasteiger partial charge in [-0.15, -0.1) is 0 Å². The van der Waals surface area contributed by atoms with Crippen LogP contribution in [-0.2, 0) is 19.6 Å². The van der Waals surface area contributed by atoms with Crippen LogP contribution < -0.4 is 4.72 Å². The lowest BCUT2D eigenvalue weighted by molar-refractivity contribution is -0.139. The summed E-state index contributed by atoms with van der Waals surface area (Å²) in [5.74, 6) is -2.06. The van der Waals surface area contributed by atoms with Crippen LogP contribution in [0.1, 0.15) is 30.6 Å². The van der Waals surface area contributed by atoms with Crippen molar-refractivity contribution in [3.63, 3.8) is 0 Å². The zero-order valence-corrected chi connectivity index (χ0v) is 12.6. The second-order valence-electron chi connectivity index (χ2n) is 4.79. The number of aliphatic carboxylic acids is 1. The van der Waals surface area contributed by atoms with Gasteiger partial charge in [-0.1, -0.05) is 13.8 Å². The summed E-state index contributed by atoms with van der Waals surface area (Å²) < 4.78 is 35.3. The zero-order chi connectivity index (χ0) is 16.2. The van der Waals surface area contributed by atoms with Crippen molar-refractivity contribution in [2.45, 2.75) is 31.4 Å². The molecule has 0 bridgehead atoms. The average Bonchev–Trinajstić information content (AvgIpc) is 2.86. The molecule has 1 atom stereocenters. The number of carbonyl (C=O) groups excluding carboxylic acids is 1. The molecule has 1 aromatic heterocycles. The van der Waals surface area contributed by atoms with Gasteiger partial charge in [-0.25, -0.2) is 13.2 Å². The highest BCUT2D eigenvalue weighted by Gasteiger charge is 2.29. The van der Waals surface area contributed by atoms with Crippen LogP contribution in [0.5, 0.6) is 0 Å². The van der Waals surface area contributed by atoms with E-state index in [0.717, 1.165) is 19.4 Å². The minimum atomic E-state index is -4.18. The maximum absolute atomic E-state index is 12.0. The van der Waals surface area contributed by atoms with E-state index in [1.807, 2.05) is 4.72 Å². The topological polar surface area (TPSA) is 123 Å². The molecule has 0 aliphatic heterocycles. The summed E-state index contributed by atoms with van der Waals surface area (Å²) in [6.07, 6.45) is 1.05. The minimum absolute atomic E-state index is 0.0176. The quantitative estimate of drug-likeness (QED) is 0.714. The Morgan fingerprint density at radius 1 is 1.43 bits per heavy atom. The van der Waals surface area contributed by atoms with Crippen molar-refractivity contribution in [2.75, 3.05) is 7.11 Å². The van der Waals surface area contributed by atoms with E-state index in [4.69, 9.17) is 9.52 Å². The molecule has 1 aromatic rings. The van der Waals surface area contributed by atoms with Crippen LogP contribution in [0, 0.1) is 5.92 Å². The van der Waals surface area contributed by atoms with E-state index >= 15 is 0 Å². The van der Waals surface area contributed by atoms with Gasteiger partial charge in [-0.2, -0.15) is 4.72 Å². The van der Waals surface area contributed by atoms with Gasteiger partial charge < -0.3 is 14.3 Å². The molecule has 0 aliphatic carbocycles. The Bertz CT molecular complexity index is 617. The minimum Gasteiger partial charge on any atom is -0.480 e. The average molecular weight is 319 g/mol. The van der Waals surface area contributed by atoms with E-state index in [2.05, 4.69) is 4.74 Å². The first-order valence-electron chi connectivity index (χ1n) is 6.09. The maximum atomic E-state index is 12.0. The number of nitrogens with one attached hydrogen (secondary N) is 1. The van der Waals surface area contributed by atoms with E-state index in [1.54, 1.807) is 13.8 Å². The number of esters is 1. The highest BCUT2D eigenvalue weighted by atomic mass is 32.2. The predicted octanol–water partition coefficient (Wildman–Crippen LogP) is 0.844. The van der Waals surface area contributed by atoms with E-state index in [0.29, 0.717) is 0 Å². The molecule has 0 saturated heterocycles. The molecule has 0 fully saturated rings. The summed E-state index contributed by atoms with van der Waals surface area (Å²) in [5, 5.41) is 8.49. The van der Waals surface area contributed by atoms with Gasteiger partial charge in [0.25, 0.3) is 10.0 Å². The number of sulfonamides is 1. The first-order chi connectivity index (χ1) is 9.67. The summed E-state index contributed by atoms with van der Waals surface area (Å²) in [6, 6.07) is -0.302. The fraction of sp³-hybridized carbons (Fsp3) is 0.500. The molecule has 0 saturated carbocycles. The Hall–Kier alpha value is -1.87.